The molecule has 1 N–H and O–H groups in total. The van der Waals surface area contributed by atoms with Crippen molar-refractivity contribution in [2.24, 2.45) is 0 Å². The molecular weight excluding hydrogens is 334 g/mol. The zero-order valence-corrected chi connectivity index (χ0v) is 15.5. The normalized spacial score (nSPS) is 14.6. The van der Waals surface area contributed by atoms with Gasteiger partial charge in [-0.05, 0) is 25.0 Å². The van der Waals surface area contributed by atoms with Crippen molar-refractivity contribution in [3.8, 4) is 11.3 Å². The van der Waals surface area contributed by atoms with Crippen LogP contribution in [0.5, 0.6) is 0 Å². The van der Waals surface area contributed by atoms with E-state index in [1.54, 1.807) is 6.20 Å². The highest BCUT2D eigenvalue weighted by Crippen LogP contribution is 2.25. The third kappa shape index (κ3) is 4.61. The quantitative estimate of drug-likeness (QED) is 0.725. The van der Waals surface area contributed by atoms with Crippen LogP contribution in [0, 0.1) is 0 Å². The molecule has 0 unspecified atom stereocenters. The predicted octanol–water partition coefficient (Wildman–Crippen LogP) is 4.53. The lowest BCUT2D eigenvalue weighted by molar-refractivity contribution is 0.726. The molecule has 1 aliphatic heterocycles. The van der Waals surface area contributed by atoms with E-state index in [9.17, 15) is 0 Å². The van der Waals surface area contributed by atoms with Crippen molar-refractivity contribution in [1.29, 1.82) is 0 Å². The van der Waals surface area contributed by atoms with Crippen LogP contribution < -0.4 is 10.2 Å². The Kier molecular flexibility index (Phi) is 5.58. The van der Waals surface area contributed by atoms with Gasteiger partial charge in [0.1, 0.15) is 5.82 Å². The molecule has 0 radical (unpaired) electrons. The van der Waals surface area contributed by atoms with E-state index in [4.69, 9.17) is 9.97 Å². The largest absolute Gasteiger partial charge is 0.356 e. The molecule has 0 amide bonds. The Labute approximate surface area is 160 Å². The van der Waals surface area contributed by atoms with E-state index in [-0.39, 0.29) is 0 Å². The van der Waals surface area contributed by atoms with Crippen LogP contribution in [-0.4, -0.2) is 28.0 Å². The Morgan fingerprint density at radius 3 is 2.37 bits per heavy atom. The maximum absolute atomic E-state index is 4.82. The van der Waals surface area contributed by atoms with E-state index < -0.39 is 0 Å². The SMILES string of the molecule is c1ccc(-c2cc(N3CCCCCC3)nc(NCc3ccccn3)n2)cc1. The fraction of sp³-hybridized carbons (Fsp3) is 0.318. The second kappa shape index (κ2) is 8.62. The first kappa shape index (κ1) is 17.5. The Morgan fingerprint density at radius 2 is 1.63 bits per heavy atom. The van der Waals surface area contributed by atoms with Gasteiger partial charge in [0.15, 0.2) is 0 Å². The maximum atomic E-state index is 4.82. The van der Waals surface area contributed by atoms with Gasteiger partial charge in [-0.15, -0.1) is 0 Å². The van der Waals surface area contributed by atoms with Crippen molar-refractivity contribution in [3.63, 3.8) is 0 Å². The van der Waals surface area contributed by atoms with E-state index >= 15 is 0 Å². The summed E-state index contributed by atoms with van der Waals surface area (Å²) in [5.74, 6) is 1.66. The summed E-state index contributed by atoms with van der Waals surface area (Å²) in [6.07, 6.45) is 6.86. The summed E-state index contributed by atoms with van der Waals surface area (Å²) in [6, 6.07) is 18.3. The summed E-state index contributed by atoms with van der Waals surface area (Å²) in [5.41, 5.74) is 3.03. The van der Waals surface area contributed by atoms with Crippen molar-refractivity contribution in [1.82, 2.24) is 15.0 Å². The number of aromatic nitrogens is 3. The summed E-state index contributed by atoms with van der Waals surface area (Å²) >= 11 is 0. The van der Waals surface area contributed by atoms with Gasteiger partial charge in [-0.3, -0.25) is 4.98 Å². The molecule has 5 heteroatoms. The molecule has 1 saturated heterocycles. The van der Waals surface area contributed by atoms with E-state index in [1.165, 1.54) is 25.7 Å². The zero-order chi connectivity index (χ0) is 18.3. The number of hydrogen-bond donors (Lipinski definition) is 1. The molecule has 3 aromatic rings. The number of rotatable bonds is 5. The van der Waals surface area contributed by atoms with Crippen LogP contribution in [0.4, 0.5) is 11.8 Å². The standard InChI is InChI=1S/C22H25N5/c1-2-9-15-27(14-8-1)21-16-20(18-10-4-3-5-11-18)25-22(26-21)24-17-19-12-6-7-13-23-19/h3-7,10-13,16H,1-2,8-9,14-15,17H2,(H,24,25,26). The second-order valence-electron chi connectivity index (χ2n) is 6.88. The molecule has 0 spiro atoms. The van der Waals surface area contributed by atoms with Gasteiger partial charge >= 0.3 is 0 Å². The number of anilines is 2. The second-order valence-corrected chi connectivity index (χ2v) is 6.88. The zero-order valence-electron chi connectivity index (χ0n) is 15.5. The van der Waals surface area contributed by atoms with Crippen molar-refractivity contribution < 1.29 is 0 Å². The van der Waals surface area contributed by atoms with E-state index in [1.807, 2.05) is 36.4 Å². The fourth-order valence-corrected chi connectivity index (χ4v) is 3.40. The monoisotopic (exact) mass is 359 g/mol. The number of nitrogens with zero attached hydrogens (tertiary/aromatic N) is 4. The smallest absolute Gasteiger partial charge is 0.225 e. The van der Waals surface area contributed by atoms with Crippen LogP contribution in [-0.2, 0) is 6.54 Å². The van der Waals surface area contributed by atoms with E-state index in [0.717, 1.165) is 35.9 Å². The van der Waals surface area contributed by atoms with Crippen molar-refractivity contribution in [2.75, 3.05) is 23.3 Å². The Morgan fingerprint density at radius 1 is 0.852 bits per heavy atom. The highest BCUT2D eigenvalue weighted by Gasteiger charge is 2.14. The summed E-state index contributed by atoms with van der Waals surface area (Å²) in [7, 11) is 0. The third-order valence-electron chi connectivity index (χ3n) is 4.87. The average Bonchev–Trinajstić information content (AvgIpc) is 3.03. The molecule has 0 atom stereocenters. The van der Waals surface area contributed by atoms with Crippen LogP contribution in [0.3, 0.4) is 0 Å². The van der Waals surface area contributed by atoms with Gasteiger partial charge in [0, 0.05) is 30.9 Å². The third-order valence-corrected chi connectivity index (χ3v) is 4.87. The van der Waals surface area contributed by atoms with Gasteiger partial charge in [0.25, 0.3) is 0 Å². The minimum atomic E-state index is 0.610. The number of nitrogens with one attached hydrogen (secondary N) is 1. The molecule has 1 aliphatic rings. The molecule has 0 bridgehead atoms. The highest BCUT2D eigenvalue weighted by molar-refractivity contribution is 5.64. The van der Waals surface area contributed by atoms with Crippen molar-refractivity contribution >= 4 is 11.8 Å². The van der Waals surface area contributed by atoms with Crippen LogP contribution in [0.25, 0.3) is 11.3 Å². The fourth-order valence-electron chi connectivity index (χ4n) is 3.40. The molecule has 0 saturated carbocycles. The Balaban J connectivity index is 1.63. The maximum Gasteiger partial charge on any atom is 0.225 e. The topological polar surface area (TPSA) is 53.9 Å². The Hall–Kier alpha value is -2.95. The lowest BCUT2D eigenvalue weighted by Crippen LogP contribution is -2.25. The highest BCUT2D eigenvalue weighted by atomic mass is 15.2. The van der Waals surface area contributed by atoms with Gasteiger partial charge in [-0.25, -0.2) is 4.98 Å². The van der Waals surface area contributed by atoms with Crippen LogP contribution in [0.1, 0.15) is 31.4 Å². The molecule has 4 rings (SSSR count). The van der Waals surface area contributed by atoms with Crippen LogP contribution in [0.2, 0.25) is 0 Å². The predicted molar refractivity (Wildman–Crippen MR) is 110 cm³/mol. The lowest BCUT2D eigenvalue weighted by Gasteiger charge is -2.22. The van der Waals surface area contributed by atoms with E-state index in [0.29, 0.717) is 12.5 Å². The summed E-state index contributed by atoms with van der Waals surface area (Å²) in [6.45, 7) is 2.73. The molecule has 2 aromatic heterocycles. The lowest BCUT2D eigenvalue weighted by atomic mass is 10.1. The Bertz CT molecular complexity index is 843. The van der Waals surface area contributed by atoms with E-state index in [2.05, 4.69) is 33.4 Å². The molecule has 27 heavy (non-hydrogen) atoms. The van der Waals surface area contributed by atoms with Gasteiger partial charge in [-0.2, -0.15) is 4.98 Å². The van der Waals surface area contributed by atoms with Crippen LogP contribution >= 0.6 is 0 Å². The van der Waals surface area contributed by atoms with Gasteiger partial charge in [0.2, 0.25) is 5.95 Å². The van der Waals surface area contributed by atoms with Crippen molar-refractivity contribution in [2.45, 2.75) is 32.2 Å². The average molecular weight is 359 g/mol. The molecule has 1 aromatic carbocycles. The first-order valence-corrected chi connectivity index (χ1v) is 9.72. The number of pyridine rings is 1. The molecular formula is C22H25N5. The summed E-state index contributed by atoms with van der Waals surface area (Å²) in [4.78, 5) is 16.3. The van der Waals surface area contributed by atoms with Gasteiger partial charge < -0.3 is 10.2 Å². The number of hydrogen-bond acceptors (Lipinski definition) is 5. The van der Waals surface area contributed by atoms with Gasteiger partial charge in [0.05, 0.1) is 17.9 Å². The molecule has 5 nitrogen and oxygen atoms in total. The van der Waals surface area contributed by atoms with Crippen molar-refractivity contribution in [3.05, 3.63) is 66.5 Å². The first-order valence-electron chi connectivity index (χ1n) is 9.72. The molecule has 3 heterocycles. The molecule has 0 aliphatic carbocycles. The molecule has 138 valence electrons. The minimum absolute atomic E-state index is 0.610. The van der Waals surface area contributed by atoms with Crippen LogP contribution in [0.15, 0.2) is 60.8 Å². The number of benzene rings is 1. The first-order chi connectivity index (χ1) is 13.4. The minimum Gasteiger partial charge on any atom is -0.356 e. The summed E-state index contributed by atoms with van der Waals surface area (Å²) in [5, 5.41) is 3.35. The van der Waals surface area contributed by atoms with Gasteiger partial charge in [-0.1, -0.05) is 49.2 Å². The molecule has 1 fully saturated rings. The summed E-state index contributed by atoms with van der Waals surface area (Å²) < 4.78 is 0.